The molecule has 5 rings (SSSR count). The van der Waals surface area contributed by atoms with Crippen LogP contribution in [0.15, 0.2) is 60.0 Å². The lowest BCUT2D eigenvalue weighted by Crippen LogP contribution is -2.28. The lowest BCUT2D eigenvalue weighted by Gasteiger charge is -2.07. The Morgan fingerprint density at radius 3 is 2.84 bits per heavy atom. The zero-order valence-corrected chi connectivity index (χ0v) is 17.3. The molecule has 0 aliphatic heterocycles. The monoisotopic (exact) mass is 449 g/mol. The quantitative estimate of drug-likeness (QED) is 0.369. The number of benzene rings is 1. The Morgan fingerprint density at radius 2 is 2.03 bits per heavy atom. The van der Waals surface area contributed by atoms with E-state index in [0.717, 1.165) is 10.6 Å². The topological polar surface area (TPSA) is 110 Å². The average molecular weight is 449 g/mol. The predicted molar refractivity (Wildman–Crippen MR) is 116 cm³/mol. The standard InChI is InChI=1S/C21H16FN7O2S/c22-14-5-3-13(4-6-14)20-27-26-18-7-8-19(28-29(18)20)31-10-9-23-21(30)16-12-15(24-25-16)17-2-1-11-32-17/h1-8,11-12H,9-10H2,(H,23,30)(H,24,25). The van der Waals surface area contributed by atoms with Crippen LogP contribution in [-0.4, -0.2) is 49.1 Å². The number of nitrogens with zero attached hydrogens (tertiary/aromatic N) is 5. The average Bonchev–Trinajstić information content (AvgIpc) is 3.57. The summed E-state index contributed by atoms with van der Waals surface area (Å²) < 4.78 is 20.4. The number of fused-ring (bicyclic) bond motifs is 1. The second-order valence-corrected chi connectivity index (χ2v) is 7.67. The molecule has 9 nitrogen and oxygen atoms in total. The van der Waals surface area contributed by atoms with Gasteiger partial charge in [-0.1, -0.05) is 6.07 Å². The number of carbonyl (C=O) groups excluding carboxylic acids is 1. The van der Waals surface area contributed by atoms with Crippen LogP contribution in [0.3, 0.4) is 0 Å². The van der Waals surface area contributed by atoms with Crippen LogP contribution < -0.4 is 10.1 Å². The van der Waals surface area contributed by atoms with Crippen molar-refractivity contribution in [2.24, 2.45) is 0 Å². The maximum atomic E-state index is 13.2. The number of aromatic amines is 1. The summed E-state index contributed by atoms with van der Waals surface area (Å²) in [5, 5.41) is 24.2. The molecular formula is C21H16FN7O2S. The number of carbonyl (C=O) groups is 1. The maximum absolute atomic E-state index is 13.2. The minimum atomic E-state index is -0.334. The minimum absolute atomic E-state index is 0.209. The molecule has 4 heterocycles. The Bertz CT molecular complexity index is 1360. The van der Waals surface area contributed by atoms with Crippen LogP contribution in [0.2, 0.25) is 0 Å². The summed E-state index contributed by atoms with van der Waals surface area (Å²) in [6.45, 7) is 0.479. The van der Waals surface area contributed by atoms with E-state index in [1.54, 1.807) is 41.7 Å². The van der Waals surface area contributed by atoms with Crippen molar-refractivity contribution in [3.63, 3.8) is 0 Å². The molecule has 0 spiro atoms. The molecule has 11 heteroatoms. The molecule has 4 aromatic heterocycles. The molecule has 0 aliphatic carbocycles. The molecule has 32 heavy (non-hydrogen) atoms. The van der Waals surface area contributed by atoms with Crippen molar-refractivity contribution in [1.82, 2.24) is 35.3 Å². The third-order valence-corrected chi connectivity index (χ3v) is 5.48. The summed E-state index contributed by atoms with van der Waals surface area (Å²) in [5.74, 6) is 0.182. The van der Waals surface area contributed by atoms with E-state index in [1.165, 1.54) is 16.6 Å². The second-order valence-electron chi connectivity index (χ2n) is 6.72. The summed E-state index contributed by atoms with van der Waals surface area (Å²) >= 11 is 1.56. The minimum Gasteiger partial charge on any atom is -0.475 e. The van der Waals surface area contributed by atoms with Gasteiger partial charge in [0.1, 0.15) is 12.4 Å². The first-order chi connectivity index (χ1) is 15.7. The SMILES string of the molecule is O=C(NCCOc1ccc2nnc(-c3ccc(F)cc3)n2n1)c1cc(-c2cccs2)[nH]n1. The normalized spacial score (nSPS) is 11.0. The van der Waals surface area contributed by atoms with Crippen molar-refractivity contribution in [2.45, 2.75) is 0 Å². The summed E-state index contributed by atoms with van der Waals surface area (Å²) in [6.07, 6.45) is 0. The summed E-state index contributed by atoms with van der Waals surface area (Å²) in [5.41, 5.74) is 2.31. The lowest BCUT2D eigenvalue weighted by atomic mass is 10.2. The van der Waals surface area contributed by atoms with E-state index in [0.29, 0.717) is 28.6 Å². The van der Waals surface area contributed by atoms with Crippen molar-refractivity contribution in [2.75, 3.05) is 13.2 Å². The number of hydrogen-bond donors (Lipinski definition) is 2. The molecule has 0 radical (unpaired) electrons. The van der Waals surface area contributed by atoms with Gasteiger partial charge >= 0.3 is 0 Å². The molecule has 2 N–H and O–H groups in total. The molecule has 0 saturated carbocycles. The van der Waals surface area contributed by atoms with Crippen molar-refractivity contribution in [3.05, 3.63) is 71.5 Å². The number of amides is 1. The van der Waals surface area contributed by atoms with Gasteiger partial charge in [0.15, 0.2) is 17.2 Å². The first kappa shape index (κ1) is 19.8. The number of H-pyrrole nitrogens is 1. The largest absolute Gasteiger partial charge is 0.475 e. The van der Waals surface area contributed by atoms with Crippen LogP contribution in [-0.2, 0) is 0 Å². The van der Waals surface area contributed by atoms with Gasteiger partial charge in [-0.15, -0.1) is 26.6 Å². The molecular weight excluding hydrogens is 433 g/mol. The molecule has 160 valence electrons. The molecule has 0 bridgehead atoms. The third kappa shape index (κ3) is 4.05. The summed E-state index contributed by atoms with van der Waals surface area (Å²) in [7, 11) is 0. The van der Waals surface area contributed by atoms with E-state index in [2.05, 4.69) is 30.8 Å². The van der Waals surface area contributed by atoms with E-state index in [4.69, 9.17) is 4.74 Å². The van der Waals surface area contributed by atoms with Gasteiger partial charge in [-0.25, -0.2) is 4.39 Å². The molecule has 0 saturated heterocycles. The van der Waals surface area contributed by atoms with Crippen LogP contribution in [0.4, 0.5) is 4.39 Å². The van der Waals surface area contributed by atoms with Gasteiger partial charge in [-0.2, -0.15) is 9.61 Å². The molecule has 0 atom stereocenters. The Labute approximate surface area is 184 Å². The number of ether oxygens (including phenoxy) is 1. The van der Waals surface area contributed by atoms with Gasteiger partial charge in [-0.3, -0.25) is 9.89 Å². The zero-order chi connectivity index (χ0) is 21.9. The van der Waals surface area contributed by atoms with Gasteiger partial charge < -0.3 is 10.1 Å². The van der Waals surface area contributed by atoms with Gasteiger partial charge in [0.05, 0.1) is 17.1 Å². The summed E-state index contributed by atoms with van der Waals surface area (Å²) in [6, 6.07) is 14.9. The summed E-state index contributed by atoms with van der Waals surface area (Å²) in [4.78, 5) is 13.3. The zero-order valence-electron chi connectivity index (χ0n) is 16.5. The molecule has 0 aliphatic rings. The van der Waals surface area contributed by atoms with E-state index in [1.807, 2.05) is 17.5 Å². The van der Waals surface area contributed by atoms with Crippen LogP contribution in [0.5, 0.6) is 5.88 Å². The molecule has 1 amide bonds. The lowest BCUT2D eigenvalue weighted by molar-refractivity contribution is 0.0941. The predicted octanol–water partition coefficient (Wildman–Crippen LogP) is 3.19. The number of aromatic nitrogens is 6. The van der Waals surface area contributed by atoms with Crippen LogP contribution in [0.1, 0.15) is 10.5 Å². The number of thiophene rings is 1. The van der Waals surface area contributed by atoms with E-state index in [9.17, 15) is 9.18 Å². The van der Waals surface area contributed by atoms with Gasteiger partial charge in [-0.05, 0) is 47.8 Å². The van der Waals surface area contributed by atoms with Crippen LogP contribution in [0, 0.1) is 5.82 Å². The van der Waals surface area contributed by atoms with Crippen molar-refractivity contribution in [3.8, 4) is 27.8 Å². The number of nitrogens with one attached hydrogen (secondary N) is 2. The fraction of sp³-hybridized carbons (Fsp3) is 0.0952. The Balaban J connectivity index is 1.20. The highest BCUT2D eigenvalue weighted by Crippen LogP contribution is 2.23. The highest BCUT2D eigenvalue weighted by Gasteiger charge is 2.13. The van der Waals surface area contributed by atoms with Crippen molar-refractivity contribution in [1.29, 1.82) is 0 Å². The van der Waals surface area contributed by atoms with Gasteiger partial charge in [0, 0.05) is 11.6 Å². The van der Waals surface area contributed by atoms with Crippen LogP contribution in [0.25, 0.3) is 27.6 Å². The van der Waals surface area contributed by atoms with Crippen molar-refractivity contribution >= 4 is 22.9 Å². The van der Waals surface area contributed by atoms with E-state index >= 15 is 0 Å². The smallest absolute Gasteiger partial charge is 0.271 e. The first-order valence-corrected chi connectivity index (χ1v) is 10.5. The molecule has 0 unspecified atom stereocenters. The number of rotatable bonds is 7. The van der Waals surface area contributed by atoms with Crippen LogP contribution >= 0.6 is 11.3 Å². The van der Waals surface area contributed by atoms with E-state index < -0.39 is 0 Å². The molecule has 0 fully saturated rings. The van der Waals surface area contributed by atoms with Gasteiger partial charge in [0.2, 0.25) is 5.88 Å². The third-order valence-electron chi connectivity index (χ3n) is 4.58. The highest BCUT2D eigenvalue weighted by atomic mass is 32.1. The Hall–Kier alpha value is -4.12. The highest BCUT2D eigenvalue weighted by molar-refractivity contribution is 7.13. The Morgan fingerprint density at radius 1 is 1.16 bits per heavy atom. The fourth-order valence-corrected chi connectivity index (χ4v) is 3.73. The van der Waals surface area contributed by atoms with Crippen molar-refractivity contribution < 1.29 is 13.9 Å². The second kappa shape index (κ2) is 8.55. The first-order valence-electron chi connectivity index (χ1n) is 9.66. The Kier molecular flexibility index (Phi) is 5.30. The van der Waals surface area contributed by atoms with Gasteiger partial charge in [0.25, 0.3) is 5.91 Å². The number of halogens is 1. The van der Waals surface area contributed by atoms with E-state index in [-0.39, 0.29) is 24.9 Å². The molecule has 1 aromatic carbocycles. The maximum Gasteiger partial charge on any atom is 0.271 e. The fourth-order valence-electron chi connectivity index (χ4n) is 3.03. The molecule has 5 aromatic rings. The number of hydrogen-bond acceptors (Lipinski definition) is 7.